The van der Waals surface area contributed by atoms with Crippen molar-refractivity contribution in [3.05, 3.63) is 45.4 Å². The predicted molar refractivity (Wildman–Crippen MR) is 102 cm³/mol. The molecule has 0 radical (unpaired) electrons. The van der Waals surface area contributed by atoms with Crippen LogP contribution in [0.1, 0.15) is 32.9 Å². The Labute approximate surface area is 158 Å². The summed E-state index contributed by atoms with van der Waals surface area (Å²) < 4.78 is 27.0. The first-order valence-corrected chi connectivity index (χ1v) is 10.9. The second-order valence-corrected chi connectivity index (χ2v) is 9.41. The normalized spacial score (nSPS) is 16.0. The van der Waals surface area contributed by atoms with Gasteiger partial charge in [-0.05, 0) is 32.4 Å². The van der Waals surface area contributed by atoms with Gasteiger partial charge in [0.2, 0.25) is 10.0 Å². The summed E-state index contributed by atoms with van der Waals surface area (Å²) in [7, 11) is -3.51. The summed E-state index contributed by atoms with van der Waals surface area (Å²) in [6.07, 6.45) is 0.807. The van der Waals surface area contributed by atoms with E-state index in [1.807, 2.05) is 20.8 Å². The number of hydrogen-bond donors (Lipinski definition) is 0. The summed E-state index contributed by atoms with van der Waals surface area (Å²) in [6.45, 7) is 7.18. The van der Waals surface area contributed by atoms with Gasteiger partial charge in [0.15, 0.2) is 0 Å². The maximum absolute atomic E-state index is 12.8. The molecule has 0 unspecified atom stereocenters. The lowest BCUT2D eigenvalue weighted by Crippen LogP contribution is -2.50. The van der Waals surface area contributed by atoms with Crippen LogP contribution < -0.4 is 0 Å². The molecule has 0 aliphatic carbocycles. The largest absolute Gasteiger partial charge is 0.335 e. The molecular weight excluding hydrogens is 370 g/mol. The first-order chi connectivity index (χ1) is 12.3. The van der Waals surface area contributed by atoms with Crippen molar-refractivity contribution in [2.24, 2.45) is 0 Å². The fourth-order valence-electron chi connectivity index (χ4n) is 2.94. The second-order valence-electron chi connectivity index (χ2n) is 6.39. The van der Waals surface area contributed by atoms with Gasteiger partial charge in [0, 0.05) is 26.2 Å². The zero-order chi connectivity index (χ0) is 18.9. The van der Waals surface area contributed by atoms with Crippen LogP contribution in [-0.4, -0.2) is 54.7 Å². The Morgan fingerprint density at radius 2 is 1.73 bits per heavy atom. The second kappa shape index (κ2) is 7.46. The van der Waals surface area contributed by atoms with Crippen LogP contribution in [0.4, 0.5) is 0 Å². The van der Waals surface area contributed by atoms with Crippen molar-refractivity contribution in [3.8, 4) is 0 Å². The van der Waals surface area contributed by atoms with Crippen LogP contribution in [0.3, 0.4) is 0 Å². The highest BCUT2D eigenvalue weighted by Gasteiger charge is 2.31. The highest BCUT2D eigenvalue weighted by Crippen LogP contribution is 2.23. The highest BCUT2D eigenvalue weighted by molar-refractivity contribution is 7.89. The van der Waals surface area contributed by atoms with E-state index in [4.69, 9.17) is 0 Å². The number of piperazine rings is 1. The van der Waals surface area contributed by atoms with Crippen LogP contribution in [0.2, 0.25) is 0 Å². The van der Waals surface area contributed by atoms with Crippen molar-refractivity contribution < 1.29 is 13.2 Å². The van der Waals surface area contributed by atoms with E-state index in [0.717, 1.165) is 22.7 Å². The van der Waals surface area contributed by atoms with Crippen molar-refractivity contribution in [1.29, 1.82) is 0 Å². The predicted octanol–water partition coefficient (Wildman–Crippen LogP) is 2.47. The average molecular weight is 394 g/mol. The van der Waals surface area contributed by atoms with Gasteiger partial charge in [-0.15, -0.1) is 11.3 Å². The van der Waals surface area contributed by atoms with Gasteiger partial charge in [-0.1, -0.05) is 24.6 Å². The van der Waals surface area contributed by atoms with E-state index in [1.54, 1.807) is 29.2 Å². The summed E-state index contributed by atoms with van der Waals surface area (Å²) in [5.74, 6) is -0.0490. The van der Waals surface area contributed by atoms with Gasteiger partial charge in [-0.3, -0.25) is 4.79 Å². The third kappa shape index (κ3) is 3.67. The molecule has 2 heterocycles. The number of nitrogens with zero attached hydrogens (tertiary/aromatic N) is 3. The number of rotatable bonds is 4. The van der Waals surface area contributed by atoms with Crippen LogP contribution in [0, 0.1) is 13.8 Å². The van der Waals surface area contributed by atoms with Gasteiger partial charge in [0.1, 0.15) is 4.88 Å². The molecule has 3 rings (SSSR count). The lowest BCUT2D eigenvalue weighted by Gasteiger charge is -2.33. The highest BCUT2D eigenvalue weighted by atomic mass is 32.2. The molecule has 1 aliphatic rings. The molecule has 1 aliphatic heterocycles. The molecule has 8 heteroatoms. The van der Waals surface area contributed by atoms with Gasteiger partial charge in [-0.2, -0.15) is 4.31 Å². The molecule has 140 valence electrons. The summed E-state index contributed by atoms with van der Waals surface area (Å²) in [5, 5.41) is 0.950. The smallest absolute Gasteiger partial charge is 0.265 e. The maximum atomic E-state index is 12.8. The van der Waals surface area contributed by atoms with E-state index in [1.165, 1.54) is 15.6 Å². The minimum absolute atomic E-state index is 0.0490. The molecule has 0 spiro atoms. The molecule has 1 aromatic carbocycles. The number of amides is 1. The Morgan fingerprint density at radius 3 is 2.27 bits per heavy atom. The molecule has 26 heavy (non-hydrogen) atoms. The zero-order valence-corrected chi connectivity index (χ0v) is 16.9. The first kappa shape index (κ1) is 19.0. The van der Waals surface area contributed by atoms with E-state index in [-0.39, 0.29) is 5.91 Å². The topological polar surface area (TPSA) is 70.6 Å². The minimum atomic E-state index is -3.51. The molecule has 0 atom stereocenters. The fourth-order valence-corrected chi connectivity index (χ4v) is 5.33. The number of hydrogen-bond acceptors (Lipinski definition) is 5. The number of sulfonamides is 1. The quantitative estimate of drug-likeness (QED) is 0.800. The summed E-state index contributed by atoms with van der Waals surface area (Å²) in [6, 6.07) is 6.86. The lowest BCUT2D eigenvalue weighted by atomic mass is 10.2. The van der Waals surface area contributed by atoms with Crippen LogP contribution in [0.25, 0.3) is 0 Å². The summed E-state index contributed by atoms with van der Waals surface area (Å²) >= 11 is 1.43. The van der Waals surface area contributed by atoms with E-state index in [0.29, 0.717) is 36.0 Å². The van der Waals surface area contributed by atoms with Gasteiger partial charge in [-0.25, -0.2) is 13.4 Å². The molecule has 2 aromatic rings. The Balaban J connectivity index is 1.69. The number of thiazole rings is 1. The Hall–Kier alpha value is -1.77. The number of aromatic nitrogens is 1. The van der Waals surface area contributed by atoms with Gasteiger partial charge in [0.05, 0.1) is 15.6 Å². The van der Waals surface area contributed by atoms with E-state index in [9.17, 15) is 13.2 Å². The van der Waals surface area contributed by atoms with E-state index in [2.05, 4.69) is 4.98 Å². The standard InChI is InChI=1S/C18H23N3O3S2/c1-4-16-19-14(3)17(25-16)18(22)20-9-11-21(12-10-20)26(23,24)15-7-5-13(2)6-8-15/h5-8H,4,9-12H2,1-3H3. The third-order valence-corrected chi connectivity index (χ3v) is 7.72. The molecule has 0 saturated carbocycles. The maximum Gasteiger partial charge on any atom is 0.265 e. The van der Waals surface area contributed by atoms with Crippen molar-refractivity contribution in [1.82, 2.24) is 14.2 Å². The van der Waals surface area contributed by atoms with Gasteiger partial charge in [0.25, 0.3) is 5.91 Å². The van der Waals surface area contributed by atoms with Crippen molar-refractivity contribution in [3.63, 3.8) is 0 Å². The summed E-state index contributed by atoms with van der Waals surface area (Å²) in [5.41, 5.74) is 1.78. The van der Waals surface area contributed by atoms with Crippen LogP contribution in [-0.2, 0) is 16.4 Å². The lowest BCUT2D eigenvalue weighted by molar-refractivity contribution is 0.0702. The molecule has 1 fully saturated rings. The molecule has 1 amide bonds. The first-order valence-electron chi connectivity index (χ1n) is 8.65. The van der Waals surface area contributed by atoms with Gasteiger partial charge >= 0.3 is 0 Å². The van der Waals surface area contributed by atoms with Crippen molar-refractivity contribution in [2.75, 3.05) is 26.2 Å². The Kier molecular flexibility index (Phi) is 5.45. The number of carbonyl (C=O) groups is 1. The fraction of sp³-hybridized carbons (Fsp3) is 0.444. The van der Waals surface area contributed by atoms with Crippen molar-refractivity contribution >= 4 is 27.3 Å². The Bertz CT molecular complexity index is 896. The van der Waals surface area contributed by atoms with E-state index >= 15 is 0 Å². The number of carbonyl (C=O) groups excluding carboxylic acids is 1. The molecule has 0 N–H and O–H groups in total. The van der Waals surface area contributed by atoms with Crippen molar-refractivity contribution in [2.45, 2.75) is 32.1 Å². The Morgan fingerprint density at radius 1 is 1.12 bits per heavy atom. The van der Waals surface area contributed by atoms with Gasteiger partial charge < -0.3 is 4.90 Å². The minimum Gasteiger partial charge on any atom is -0.335 e. The summed E-state index contributed by atoms with van der Waals surface area (Å²) in [4.78, 5) is 19.8. The van der Waals surface area contributed by atoms with E-state index < -0.39 is 10.0 Å². The molecule has 0 bridgehead atoms. The SMILES string of the molecule is CCc1nc(C)c(C(=O)N2CCN(S(=O)(=O)c3ccc(C)cc3)CC2)s1. The molecule has 1 saturated heterocycles. The number of benzene rings is 1. The molecule has 1 aromatic heterocycles. The number of aryl methyl sites for hydroxylation is 3. The zero-order valence-electron chi connectivity index (χ0n) is 15.2. The average Bonchev–Trinajstić information content (AvgIpc) is 3.02. The van der Waals surface area contributed by atoms with Crippen LogP contribution in [0.15, 0.2) is 29.2 Å². The van der Waals surface area contributed by atoms with Crippen LogP contribution in [0.5, 0.6) is 0 Å². The molecular formula is C18H23N3O3S2. The third-order valence-electron chi connectivity index (χ3n) is 4.52. The molecule has 6 nitrogen and oxygen atoms in total. The monoisotopic (exact) mass is 393 g/mol. The van der Waals surface area contributed by atoms with Crippen LogP contribution >= 0.6 is 11.3 Å².